The van der Waals surface area contributed by atoms with E-state index in [-0.39, 0.29) is 43.7 Å². The molecule has 6 rings (SSSR count). The molecule has 10 heteroatoms. The van der Waals surface area contributed by atoms with E-state index in [9.17, 15) is 19.2 Å². The van der Waals surface area contributed by atoms with Gasteiger partial charge in [-0.3, -0.25) is 24.5 Å². The van der Waals surface area contributed by atoms with Crippen LogP contribution in [0, 0.1) is 0 Å². The lowest BCUT2D eigenvalue weighted by Gasteiger charge is -2.29. The van der Waals surface area contributed by atoms with Crippen molar-refractivity contribution < 1.29 is 19.2 Å². The molecule has 0 aliphatic carbocycles. The summed E-state index contributed by atoms with van der Waals surface area (Å²) in [7, 11) is 0. The Labute approximate surface area is 235 Å². The summed E-state index contributed by atoms with van der Waals surface area (Å²) in [6, 6.07) is 24.1. The monoisotopic (exact) mass is 546 g/mol. The second kappa shape index (κ2) is 11.0. The molecule has 0 spiro atoms. The topological polar surface area (TPSA) is 133 Å². The van der Waals surface area contributed by atoms with Crippen molar-refractivity contribution in [3.63, 3.8) is 0 Å². The predicted molar refractivity (Wildman–Crippen MR) is 153 cm³/mol. The smallest absolute Gasteiger partial charge is 0.255 e. The fraction of sp³-hybridized carbons (Fsp3) is 0.161. The van der Waals surface area contributed by atoms with E-state index in [2.05, 4.69) is 38.1 Å². The molecule has 3 N–H and O–H groups in total. The van der Waals surface area contributed by atoms with Crippen molar-refractivity contribution in [2.45, 2.75) is 25.4 Å². The molecular formula is C31H26N6O4. The van der Waals surface area contributed by atoms with E-state index in [1.54, 1.807) is 30.5 Å². The summed E-state index contributed by atoms with van der Waals surface area (Å²) in [4.78, 5) is 60.1. The van der Waals surface area contributed by atoms with Gasteiger partial charge in [0.2, 0.25) is 17.7 Å². The van der Waals surface area contributed by atoms with Gasteiger partial charge in [-0.15, -0.1) is 0 Å². The molecule has 41 heavy (non-hydrogen) atoms. The number of aromatic nitrogens is 2. The normalized spacial score (nSPS) is 16.2. The molecule has 1 saturated heterocycles. The van der Waals surface area contributed by atoms with Crippen LogP contribution in [0.3, 0.4) is 0 Å². The van der Waals surface area contributed by atoms with Gasteiger partial charge in [-0.1, -0.05) is 60.7 Å². The molecule has 4 amide bonds. The number of hydrogen-bond acceptors (Lipinski definition) is 7. The van der Waals surface area contributed by atoms with Crippen LogP contribution in [-0.2, 0) is 20.9 Å². The molecule has 1 atom stereocenters. The quantitative estimate of drug-likeness (QED) is 0.302. The molecule has 2 aliphatic rings. The molecule has 204 valence electrons. The molecule has 1 aromatic heterocycles. The Bertz CT molecular complexity index is 1660. The van der Waals surface area contributed by atoms with Crippen molar-refractivity contribution in [2.75, 3.05) is 17.2 Å². The van der Waals surface area contributed by atoms with Gasteiger partial charge in [0.25, 0.3) is 5.91 Å². The van der Waals surface area contributed by atoms with Crippen LogP contribution < -0.4 is 16.0 Å². The van der Waals surface area contributed by atoms with Crippen LogP contribution in [0.5, 0.6) is 0 Å². The molecule has 3 aromatic carbocycles. The van der Waals surface area contributed by atoms with Gasteiger partial charge in [0.05, 0.1) is 6.54 Å². The molecule has 3 heterocycles. The number of hydrogen-bond donors (Lipinski definition) is 3. The molecule has 1 unspecified atom stereocenters. The van der Waals surface area contributed by atoms with E-state index in [0.29, 0.717) is 28.5 Å². The minimum atomic E-state index is -0.723. The number of amides is 4. The van der Waals surface area contributed by atoms with Crippen LogP contribution >= 0.6 is 0 Å². The molecule has 0 bridgehead atoms. The Hall–Kier alpha value is -5.38. The Morgan fingerprint density at radius 2 is 1.66 bits per heavy atom. The highest BCUT2D eigenvalue weighted by Gasteiger charge is 2.39. The number of anilines is 2. The highest BCUT2D eigenvalue weighted by atomic mass is 16.2. The average Bonchev–Trinajstić information content (AvgIpc) is 3.33. The summed E-state index contributed by atoms with van der Waals surface area (Å²) in [5.74, 6) is -0.411. The first-order valence-electron chi connectivity index (χ1n) is 13.3. The van der Waals surface area contributed by atoms with Gasteiger partial charge in [0, 0.05) is 41.5 Å². The van der Waals surface area contributed by atoms with Gasteiger partial charge in [-0.05, 0) is 35.7 Å². The van der Waals surface area contributed by atoms with E-state index in [0.717, 1.165) is 16.7 Å². The number of nitrogens with zero attached hydrogens (tertiary/aromatic N) is 3. The summed E-state index contributed by atoms with van der Waals surface area (Å²) in [5, 5.41) is 8.19. The number of imide groups is 1. The average molecular weight is 547 g/mol. The first-order valence-corrected chi connectivity index (χ1v) is 13.3. The van der Waals surface area contributed by atoms with Crippen molar-refractivity contribution in [3.05, 3.63) is 96.2 Å². The van der Waals surface area contributed by atoms with Crippen LogP contribution in [0.2, 0.25) is 0 Å². The number of fused-ring (bicyclic) bond motifs is 1. The van der Waals surface area contributed by atoms with Crippen molar-refractivity contribution in [3.8, 4) is 22.5 Å². The Kier molecular flexibility index (Phi) is 6.95. The van der Waals surface area contributed by atoms with E-state index in [1.165, 1.54) is 4.90 Å². The third-order valence-electron chi connectivity index (χ3n) is 7.19. The molecule has 4 aromatic rings. The lowest BCUT2D eigenvalue weighted by Crippen LogP contribution is -2.52. The standard InChI is InChI=1S/C31H26N6O4/c38-27-14-13-25(30(40)36-27)37-18-23-22(31(37)41)7-4-8-24(23)34-28(39)17-33-26-15-16-32-29(35-26)21-11-9-20(10-12-21)19-5-2-1-3-6-19/h1-12,15-16,25H,13-14,17-18H2,(H,34,39)(H,32,33,35)(H,36,38,40). The molecule has 1 fully saturated rings. The number of carbonyl (C=O) groups is 4. The number of piperidine rings is 1. The van der Waals surface area contributed by atoms with E-state index < -0.39 is 11.9 Å². The van der Waals surface area contributed by atoms with Gasteiger partial charge in [0.15, 0.2) is 5.82 Å². The minimum absolute atomic E-state index is 0.0577. The van der Waals surface area contributed by atoms with Crippen LogP contribution in [0.1, 0.15) is 28.8 Å². The maximum Gasteiger partial charge on any atom is 0.255 e. The van der Waals surface area contributed by atoms with E-state index in [1.807, 2.05) is 42.5 Å². The minimum Gasteiger partial charge on any atom is -0.361 e. The van der Waals surface area contributed by atoms with Crippen molar-refractivity contribution in [1.82, 2.24) is 20.2 Å². The van der Waals surface area contributed by atoms with Gasteiger partial charge >= 0.3 is 0 Å². The highest BCUT2D eigenvalue weighted by Crippen LogP contribution is 2.32. The summed E-state index contributed by atoms with van der Waals surface area (Å²) >= 11 is 0. The van der Waals surface area contributed by atoms with Gasteiger partial charge in [-0.2, -0.15) is 0 Å². The second-order valence-corrected chi connectivity index (χ2v) is 9.84. The molecule has 0 saturated carbocycles. The lowest BCUT2D eigenvalue weighted by molar-refractivity contribution is -0.137. The Morgan fingerprint density at radius 3 is 2.44 bits per heavy atom. The second-order valence-electron chi connectivity index (χ2n) is 9.84. The van der Waals surface area contributed by atoms with Crippen molar-refractivity contribution in [1.29, 1.82) is 0 Å². The van der Waals surface area contributed by atoms with E-state index >= 15 is 0 Å². The van der Waals surface area contributed by atoms with Gasteiger partial charge in [-0.25, -0.2) is 9.97 Å². The third-order valence-corrected chi connectivity index (χ3v) is 7.19. The van der Waals surface area contributed by atoms with Gasteiger partial charge < -0.3 is 15.5 Å². The fourth-order valence-corrected chi connectivity index (χ4v) is 5.11. The van der Waals surface area contributed by atoms with Gasteiger partial charge in [0.1, 0.15) is 11.9 Å². The predicted octanol–water partition coefficient (Wildman–Crippen LogP) is 3.62. The van der Waals surface area contributed by atoms with Crippen LogP contribution in [0.15, 0.2) is 85.1 Å². The zero-order chi connectivity index (χ0) is 28.3. The third kappa shape index (κ3) is 5.40. The Morgan fingerprint density at radius 1 is 0.902 bits per heavy atom. The first-order chi connectivity index (χ1) is 20.0. The fourth-order valence-electron chi connectivity index (χ4n) is 5.11. The summed E-state index contributed by atoms with van der Waals surface area (Å²) in [6.45, 7) is 0.112. The Balaban J connectivity index is 1.10. The first kappa shape index (κ1) is 25.9. The maximum absolute atomic E-state index is 13.0. The highest BCUT2D eigenvalue weighted by molar-refractivity contribution is 6.07. The van der Waals surface area contributed by atoms with Crippen LogP contribution in [0.25, 0.3) is 22.5 Å². The summed E-state index contributed by atoms with van der Waals surface area (Å²) in [6.07, 6.45) is 2.08. The number of rotatable bonds is 7. The number of nitrogens with one attached hydrogen (secondary N) is 3. The van der Waals surface area contributed by atoms with Crippen LogP contribution in [0.4, 0.5) is 11.5 Å². The molecular weight excluding hydrogens is 520 g/mol. The van der Waals surface area contributed by atoms with Crippen molar-refractivity contribution in [2.24, 2.45) is 0 Å². The largest absolute Gasteiger partial charge is 0.361 e. The zero-order valence-corrected chi connectivity index (χ0v) is 22.0. The zero-order valence-electron chi connectivity index (χ0n) is 22.0. The van der Waals surface area contributed by atoms with Crippen molar-refractivity contribution >= 4 is 35.1 Å². The molecule has 0 radical (unpaired) electrons. The SMILES string of the molecule is O=C1CCC(N2Cc3c(NC(=O)CNc4ccnc(-c5ccc(-c6ccccc6)cc5)n4)cccc3C2=O)C(=O)N1. The van der Waals surface area contributed by atoms with Crippen LogP contribution in [-0.4, -0.2) is 51.1 Å². The van der Waals surface area contributed by atoms with E-state index in [4.69, 9.17) is 0 Å². The lowest BCUT2D eigenvalue weighted by atomic mass is 10.0. The summed E-state index contributed by atoms with van der Waals surface area (Å²) in [5.41, 5.74) is 4.63. The maximum atomic E-state index is 13.0. The molecule has 2 aliphatic heterocycles. The number of benzene rings is 3. The molecule has 10 nitrogen and oxygen atoms in total. The number of carbonyl (C=O) groups excluding carboxylic acids is 4. The summed E-state index contributed by atoms with van der Waals surface area (Å²) < 4.78 is 0.